The topological polar surface area (TPSA) is 43.8 Å². The summed E-state index contributed by atoms with van der Waals surface area (Å²) in [6, 6.07) is 0.770. The van der Waals surface area contributed by atoms with Crippen LogP contribution in [0.1, 0.15) is 44.9 Å². The summed E-state index contributed by atoms with van der Waals surface area (Å²) in [4.78, 5) is 15.6. The molecule has 0 aromatic rings. The maximum Gasteiger partial charge on any atom is 0.303 e. The van der Waals surface area contributed by atoms with Crippen molar-refractivity contribution in [1.29, 1.82) is 0 Å². The molecular weight excluding hydrogens is 240 g/mol. The number of piperidine rings is 1. The average Bonchev–Trinajstić information content (AvgIpc) is 2.83. The molecule has 2 heterocycles. The number of carboxylic acids is 1. The third-order valence-electron chi connectivity index (χ3n) is 4.84. The van der Waals surface area contributed by atoms with Crippen LogP contribution in [0.5, 0.6) is 0 Å². The van der Waals surface area contributed by atoms with Crippen LogP contribution >= 0.6 is 0 Å². The molecule has 0 spiro atoms. The number of hydrogen-bond acceptors (Lipinski definition) is 3. The molecule has 2 saturated heterocycles. The first-order valence-electron chi connectivity index (χ1n) is 7.79. The Morgan fingerprint density at radius 3 is 2.79 bits per heavy atom. The molecule has 2 fully saturated rings. The van der Waals surface area contributed by atoms with Crippen LogP contribution in [-0.2, 0) is 4.79 Å². The predicted octanol–water partition coefficient (Wildman–Crippen LogP) is 2.05. The Morgan fingerprint density at radius 2 is 2.05 bits per heavy atom. The summed E-state index contributed by atoms with van der Waals surface area (Å²) in [7, 11) is 2.25. The second-order valence-corrected chi connectivity index (χ2v) is 6.31. The monoisotopic (exact) mass is 268 g/mol. The summed E-state index contributed by atoms with van der Waals surface area (Å²) >= 11 is 0. The van der Waals surface area contributed by atoms with Gasteiger partial charge >= 0.3 is 5.97 Å². The summed E-state index contributed by atoms with van der Waals surface area (Å²) in [5, 5.41) is 8.72. The molecule has 0 aromatic carbocycles. The Hall–Kier alpha value is -0.610. The van der Waals surface area contributed by atoms with Crippen LogP contribution in [0.3, 0.4) is 0 Å². The van der Waals surface area contributed by atoms with Gasteiger partial charge in [0.15, 0.2) is 0 Å². The molecule has 2 unspecified atom stereocenters. The molecule has 4 heteroatoms. The molecule has 0 radical (unpaired) electrons. The highest BCUT2D eigenvalue weighted by Crippen LogP contribution is 2.23. The summed E-state index contributed by atoms with van der Waals surface area (Å²) < 4.78 is 0. The fourth-order valence-electron chi connectivity index (χ4n) is 3.52. The third kappa shape index (κ3) is 4.77. The quantitative estimate of drug-likeness (QED) is 0.800. The number of aliphatic carboxylic acids is 1. The highest BCUT2D eigenvalue weighted by molar-refractivity contribution is 5.66. The Morgan fingerprint density at radius 1 is 1.21 bits per heavy atom. The molecule has 0 aliphatic carbocycles. The lowest BCUT2D eigenvalue weighted by atomic mass is 10.00. The van der Waals surface area contributed by atoms with Crippen molar-refractivity contribution in [1.82, 2.24) is 9.80 Å². The van der Waals surface area contributed by atoms with Gasteiger partial charge in [0.2, 0.25) is 0 Å². The van der Waals surface area contributed by atoms with Gasteiger partial charge in [-0.15, -0.1) is 0 Å². The van der Waals surface area contributed by atoms with Crippen molar-refractivity contribution in [3.05, 3.63) is 0 Å². The van der Waals surface area contributed by atoms with Gasteiger partial charge in [-0.3, -0.25) is 4.79 Å². The molecule has 2 aliphatic heterocycles. The largest absolute Gasteiger partial charge is 0.481 e. The minimum absolute atomic E-state index is 0.337. The van der Waals surface area contributed by atoms with Crippen LogP contribution in [0.2, 0.25) is 0 Å². The fraction of sp³-hybridized carbons (Fsp3) is 0.933. The molecule has 0 aromatic heterocycles. The molecule has 2 aliphatic rings. The second kappa shape index (κ2) is 7.25. The minimum atomic E-state index is -0.651. The normalized spacial score (nSPS) is 29.7. The van der Waals surface area contributed by atoms with E-state index in [9.17, 15) is 4.79 Å². The van der Waals surface area contributed by atoms with E-state index in [0.717, 1.165) is 19.0 Å². The van der Waals surface area contributed by atoms with Crippen molar-refractivity contribution in [3.63, 3.8) is 0 Å². The smallest absolute Gasteiger partial charge is 0.303 e. The van der Waals surface area contributed by atoms with Crippen molar-refractivity contribution >= 4 is 5.97 Å². The van der Waals surface area contributed by atoms with Crippen LogP contribution in [0.25, 0.3) is 0 Å². The molecule has 19 heavy (non-hydrogen) atoms. The summed E-state index contributed by atoms with van der Waals surface area (Å²) in [6.45, 7) is 4.73. The molecular formula is C15H28N2O2. The number of hydrogen-bond donors (Lipinski definition) is 1. The molecule has 2 atom stereocenters. The van der Waals surface area contributed by atoms with Gasteiger partial charge in [-0.1, -0.05) is 6.42 Å². The number of nitrogens with zero attached hydrogens (tertiary/aromatic N) is 2. The first-order valence-corrected chi connectivity index (χ1v) is 7.79. The number of likely N-dealkylation sites (tertiary alicyclic amines) is 2. The Bertz CT molecular complexity index is 296. The summed E-state index contributed by atoms with van der Waals surface area (Å²) in [6.07, 6.45) is 7.76. The summed E-state index contributed by atoms with van der Waals surface area (Å²) in [5.41, 5.74) is 0. The van der Waals surface area contributed by atoms with Crippen LogP contribution in [-0.4, -0.2) is 60.1 Å². The van der Waals surface area contributed by atoms with E-state index in [1.165, 1.54) is 51.7 Å². The lowest BCUT2D eigenvalue weighted by Gasteiger charge is -2.33. The van der Waals surface area contributed by atoms with E-state index in [2.05, 4.69) is 16.8 Å². The van der Waals surface area contributed by atoms with Crippen LogP contribution in [0.4, 0.5) is 0 Å². The van der Waals surface area contributed by atoms with E-state index >= 15 is 0 Å². The van der Waals surface area contributed by atoms with Gasteiger partial charge in [-0.05, 0) is 64.7 Å². The van der Waals surface area contributed by atoms with Crippen molar-refractivity contribution in [2.24, 2.45) is 5.92 Å². The van der Waals surface area contributed by atoms with E-state index in [-0.39, 0.29) is 0 Å². The van der Waals surface area contributed by atoms with E-state index < -0.39 is 5.97 Å². The van der Waals surface area contributed by atoms with Gasteiger partial charge in [0.25, 0.3) is 0 Å². The average molecular weight is 268 g/mol. The number of rotatable bonds is 6. The molecule has 4 nitrogen and oxygen atoms in total. The molecule has 0 amide bonds. The standard InChI is InChI=1S/C15H28N2O2/c1-16-9-3-2-4-14(16)8-11-17-10-7-13(12-17)5-6-15(18)19/h13-14H,2-12H2,1H3,(H,18,19). The fourth-order valence-corrected chi connectivity index (χ4v) is 3.52. The SMILES string of the molecule is CN1CCCCC1CCN1CCC(CCC(=O)O)C1. The number of carbonyl (C=O) groups is 1. The molecule has 1 N–H and O–H groups in total. The van der Waals surface area contributed by atoms with Gasteiger partial charge in [-0.2, -0.15) is 0 Å². The van der Waals surface area contributed by atoms with Gasteiger partial charge in [-0.25, -0.2) is 0 Å². The first-order chi connectivity index (χ1) is 9.15. The van der Waals surface area contributed by atoms with E-state index in [1.807, 2.05) is 0 Å². The second-order valence-electron chi connectivity index (χ2n) is 6.31. The first kappa shape index (κ1) is 14.8. The van der Waals surface area contributed by atoms with E-state index in [0.29, 0.717) is 12.3 Å². The van der Waals surface area contributed by atoms with Crippen molar-refractivity contribution in [2.45, 2.75) is 51.0 Å². The van der Waals surface area contributed by atoms with Crippen LogP contribution in [0.15, 0.2) is 0 Å². The highest BCUT2D eigenvalue weighted by Gasteiger charge is 2.25. The zero-order chi connectivity index (χ0) is 13.7. The lowest BCUT2D eigenvalue weighted by molar-refractivity contribution is -0.137. The van der Waals surface area contributed by atoms with Gasteiger partial charge in [0.1, 0.15) is 0 Å². The molecule has 0 saturated carbocycles. The Kier molecular flexibility index (Phi) is 5.64. The van der Waals surface area contributed by atoms with Gasteiger partial charge < -0.3 is 14.9 Å². The Balaban J connectivity index is 1.63. The van der Waals surface area contributed by atoms with Crippen molar-refractivity contribution in [3.8, 4) is 0 Å². The molecule has 110 valence electrons. The van der Waals surface area contributed by atoms with E-state index in [1.54, 1.807) is 0 Å². The van der Waals surface area contributed by atoms with Crippen LogP contribution < -0.4 is 0 Å². The zero-order valence-corrected chi connectivity index (χ0v) is 12.2. The van der Waals surface area contributed by atoms with Gasteiger partial charge in [0, 0.05) is 19.0 Å². The van der Waals surface area contributed by atoms with E-state index in [4.69, 9.17) is 5.11 Å². The maximum atomic E-state index is 10.6. The Labute approximate surface area is 116 Å². The molecule has 2 rings (SSSR count). The lowest BCUT2D eigenvalue weighted by Crippen LogP contribution is -2.38. The van der Waals surface area contributed by atoms with Crippen molar-refractivity contribution in [2.75, 3.05) is 33.2 Å². The highest BCUT2D eigenvalue weighted by atomic mass is 16.4. The third-order valence-corrected chi connectivity index (χ3v) is 4.84. The minimum Gasteiger partial charge on any atom is -0.481 e. The number of carboxylic acid groups (broad SMARTS) is 1. The zero-order valence-electron chi connectivity index (χ0n) is 12.2. The molecule has 0 bridgehead atoms. The maximum absolute atomic E-state index is 10.6. The predicted molar refractivity (Wildman–Crippen MR) is 76.3 cm³/mol. The summed E-state index contributed by atoms with van der Waals surface area (Å²) in [5.74, 6) is -0.0394. The van der Waals surface area contributed by atoms with Crippen LogP contribution in [0, 0.1) is 5.92 Å². The van der Waals surface area contributed by atoms with Crippen molar-refractivity contribution < 1.29 is 9.90 Å². The van der Waals surface area contributed by atoms with Gasteiger partial charge in [0.05, 0.1) is 0 Å².